The maximum absolute atomic E-state index is 12.3. The first kappa shape index (κ1) is 24.0. The van der Waals surface area contributed by atoms with Crippen molar-refractivity contribution in [2.75, 3.05) is 0 Å². The van der Waals surface area contributed by atoms with Gasteiger partial charge in [-0.1, -0.05) is 60.3 Å². The molecule has 0 radical (unpaired) electrons. The number of nitrogens with zero attached hydrogens (tertiary/aromatic N) is 2. The molecule has 0 bridgehead atoms. The summed E-state index contributed by atoms with van der Waals surface area (Å²) in [4.78, 5) is -1.37. The van der Waals surface area contributed by atoms with E-state index >= 15 is 0 Å². The summed E-state index contributed by atoms with van der Waals surface area (Å²) in [6.07, 6.45) is 0. The Morgan fingerprint density at radius 2 is 1.44 bits per heavy atom. The maximum Gasteiger partial charge on any atom is 2.00 e. The standard InChI is InChI=1S/C20H14N2O7S2.Mg/c23-17-11-8-12-4-1-2-5-13(12)19(17)22-21-16-10-9-14-15(20(16)31(27,28)29)6-3-7-18(14)30(24,25)26;/h1-11,23H,(H,24,25,26)(H,27,28,29);/q;+2/p-2. The van der Waals surface area contributed by atoms with Crippen LogP contribution in [-0.2, 0) is 20.2 Å². The molecule has 4 aromatic carbocycles. The summed E-state index contributed by atoms with van der Waals surface area (Å²) in [5, 5.41) is 20.8. The smallest absolute Gasteiger partial charge is 0.871 e. The van der Waals surface area contributed by atoms with Crippen LogP contribution in [0.25, 0.3) is 21.5 Å². The van der Waals surface area contributed by atoms with E-state index in [1.54, 1.807) is 30.3 Å². The summed E-state index contributed by atoms with van der Waals surface area (Å²) in [6, 6.07) is 15.5. The summed E-state index contributed by atoms with van der Waals surface area (Å²) >= 11 is 0. The van der Waals surface area contributed by atoms with Crippen LogP contribution in [0.1, 0.15) is 0 Å². The molecule has 4 rings (SSSR count). The van der Waals surface area contributed by atoms with Crippen LogP contribution in [-0.4, -0.2) is 49.0 Å². The molecule has 158 valence electrons. The fourth-order valence-corrected chi connectivity index (χ4v) is 4.82. The third kappa shape index (κ3) is 4.46. The van der Waals surface area contributed by atoms with E-state index in [2.05, 4.69) is 10.2 Å². The molecular weight excluding hydrogens is 469 g/mol. The van der Waals surface area contributed by atoms with Gasteiger partial charge in [-0.25, -0.2) is 8.42 Å². The minimum absolute atomic E-state index is 0. The van der Waals surface area contributed by atoms with Crippen LogP contribution in [0.3, 0.4) is 0 Å². The SMILES string of the molecule is O=S(=O)([O-])c1cccc2c(S(=O)(=O)O)c(N=Nc3c([O-])ccc4ccccc34)ccc12.[Mg+2]. The molecular formula is C20H12MgN2O7S2. The van der Waals surface area contributed by atoms with Crippen molar-refractivity contribution in [1.82, 2.24) is 0 Å². The van der Waals surface area contributed by atoms with Gasteiger partial charge in [0.05, 0.1) is 10.6 Å². The molecule has 4 aromatic rings. The zero-order chi connectivity index (χ0) is 22.4. The topological polar surface area (TPSA) is 159 Å². The fraction of sp³-hybridized carbons (Fsp3) is 0. The Kier molecular flexibility index (Phi) is 6.56. The average Bonchev–Trinajstić information content (AvgIpc) is 2.70. The Morgan fingerprint density at radius 1 is 0.750 bits per heavy atom. The van der Waals surface area contributed by atoms with Crippen LogP contribution in [0.4, 0.5) is 11.4 Å². The normalized spacial score (nSPS) is 12.3. The van der Waals surface area contributed by atoms with Gasteiger partial charge in [0.15, 0.2) is 0 Å². The van der Waals surface area contributed by atoms with Crippen molar-refractivity contribution in [2.45, 2.75) is 9.79 Å². The molecule has 1 N–H and O–H groups in total. The molecule has 0 heterocycles. The van der Waals surface area contributed by atoms with Crippen LogP contribution in [0, 0.1) is 0 Å². The van der Waals surface area contributed by atoms with Crippen molar-refractivity contribution >= 4 is 76.2 Å². The third-order valence-electron chi connectivity index (χ3n) is 4.60. The summed E-state index contributed by atoms with van der Waals surface area (Å²) in [5.41, 5.74) is -0.363. The van der Waals surface area contributed by atoms with Gasteiger partial charge in [0.2, 0.25) is 0 Å². The Labute approximate surface area is 199 Å². The van der Waals surface area contributed by atoms with Gasteiger partial charge in [0.1, 0.15) is 20.7 Å². The molecule has 0 aliphatic heterocycles. The van der Waals surface area contributed by atoms with Crippen molar-refractivity contribution in [3.05, 3.63) is 66.7 Å². The van der Waals surface area contributed by atoms with Crippen LogP contribution in [0.5, 0.6) is 5.75 Å². The molecule has 0 aromatic heterocycles. The second kappa shape index (κ2) is 8.73. The Bertz CT molecular complexity index is 1600. The Balaban J connectivity index is 0.00000289. The zero-order valence-electron chi connectivity index (χ0n) is 16.2. The van der Waals surface area contributed by atoms with Gasteiger partial charge in [-0.2, -0.15) is 13.5 Å². The predicted molar refractivity (Wildman–Crippen MR) is 115 cm³/mol. The van der Waals surface area contributed by atoms with Gasteiger partial charge in [-0.05, 0) is 17.5 Å². The summed E-state index contributed by atoms with van der Waals surface area (Å²) in [5.74, 6) is -0.448. The van der Waals surface area contributed by atoms with Crippen molar-refractivity contribution < 1.29 is 31.0 Å². The van der Waals surface area contributed by atoms with Crippen LogP contribution < -0.4 is 5.11 Å². The third-order valence-corrected chi connectivity index (χ3v) is 6.44. The first-order valence-corrected chi connectivity index (χ1v) is 11.5. The quantitative estimate of drug-likeness (QED) is 0.266. The molecule has 0 aliphatic carbocycles. The molecule has 0 aliphatic rings. The summed E-state index contributed by atoms with van der Waals surface area (Å²) < 4.78 is 68.5. The minimum Gasteiger partial charge on any atom is -0.871 e. The van der Waals surface area contributed by atoms with E-state index in [-0.39, 0.29) is 45.2 Å². The summed E-state index contributed by atoms with van der Waals surface area (Å²) in [7, 11) is -9.82. The van der Waals surface area contributed by atoms with Gasteiger partial charge in [0, 0.05) is 16.2 Å². The average molecular weight is 481 g/mol. The van der Waals surface area contributed by atoms with Crippen LogP contribution >= 0.6 is 0 Å². The van der Waals surface area contributed by atoms with Crippen molar-refractivity contribution in [3.8, 4) is 5.75 Å². The summed E-state index contributed by atoms with van der Waals surface area (Å²) in [6.45, 7) is 0. The molecule has 0 fully saturated rings. The van der Waals surface area contributed by atoms with Gasteiger partial charge >= 0.3 is 23.1 Å². The largest absolute Gasteiger partial charge is 2.00 e. The second-order valence-corrected chi connectivity index (χ2v) is 9.23. The van der Waals surface area contributed by atoms with E-state index in [0.717, 1.165) is 17.5 Å². The molecule has 0 amide bonds. The van der Waals surface area contributed by atoms with E-state index in [1.807, 2.05) is 0 Å². The van der Waals surface area contributed by atoms with Crippen LogP contribution in [0.15, 0.2) is 86.7 Å². The van der Waals surface area contributed by atoms with Crippen molar-refractivity contribution in [1.29, 1.82) is 0 Å². The van der Waals surface area contributed by atoms with Crippen molar-refractivity contribution in [3.63, 3.8) is 0 Å². The number of hydrogen-bond donors (Lipinski definition) is 1. The Hall–Kier alpha value is -2.61. The molecule has 9 nitrogen and oxygen atoms in total. The number of hydrogen-bond acceptors (Lipinski definition) is 8. The Morgan fingerprint density at radius 3 is 2.12 bits per heavy atom. The van der Waals surface area contributed by atoms with E-state index in [1.165, 1.54) is 24.3 Å². The molecule has 12 heteroatoms. The van der Waals surface area contributed by atoms with Gasteiger partial charge in [-0.15, -0.1) is 5.11 Å². The van der Waals surface area contributed by atoms with E-state index in [4.69, 9.17) is 0 Å². The number of benzene rings is 4. The monoisotopic (exact) mass is 480 g/mol. The number of azo groups is 1. The van der Waals surface area contributed by atoms with Crippen LogP contribution in [0.2, 0.25) is 0 Å². The first-order chi connectivity index (χ1) is 14.6. The van der Waals surface area contributed by atoms with Gasteiger partial charge in [0.25, 0.3) is 10.1 Å². The number of rotatable bonds is 4. The molecule has 0 atom stereocenters. The molecule has 0 unspecified atom stereocenters. The molecule has 0 saturated heterocycles. The van der Waals surface area contributed by atoms with E-state index in [9.17, 15) is 31.0 Å². The van der Waals surface area contributed by atoms with Crippen molar-refractivity contribution in [2.24, 2.45) is 10.2 Å². The molecule has 32 heavy (non-hydrogen) atoms. The first-order valence-electron chi connectivity index (χ1n) is 8.67. The van der Waals surface area contributed by atoms with E-state index < -0.39 is 35.8 Å². The molecule has 0 saturated carbocycles. The minimum atomic E-state index is -4.91. The fourth-order valence-electron chi connectivity index (χ4n) is 3.30. The van der Waals surface area contributed by atoms with Gasteiger partial charge in [-0.3, -0.25) is 4.55 Å². The predicted octanol–water partition coefficient (Wildman–Crippen LogP) is 3.25. The number of fused-ring (bicyclic) bond motifs is 2. The zero-order valence-corrected chi connectivity index (χ0v) is 19.2. The second-order valence-electron chi connectivity index (χ2n) is 6.53. The molecule has 0 spiro atoms. The van der Waals surface area contributed by atoms with Gasteiger partial charge < -0.3 is 9.66 Å². The van der Waals surface area contributed by atoms with E-state index in [0.29, 0.717) is 5.39 Å². The maximum atomic E-state index is 12.3.